The van der Waals surface area contributed by atoms with Crippen LogP contribution in [0.15, 0.2) is 0 Å². The van der Waals surface area contributed by atoms with Crippen molar-refractivity contribution in [2.24, 2.45) is 0 Å². The number of unbranched alkanes of at least 4 members (excludes halogenated alkanes) is 36. The van der Waals surface area contributed by atoms with Gasteiger partial charge in [0.05, 0.1) is 0 Å². The van der Waals surface area contributed by atoms with Crippen LogP contribution in [0.2, 0.25) is 0 Å². The fourth-order valence-corrected chi connectivity index (χ4v) is 7.74. The number of carbonyl (C=O) groups excluding carboxylic acids is 3. The van der Waals surface area contributed by atoms with Crippen LogP contribution in [-0.2, 0) is 28.6 Å². The maximum Gasteiger partial charge on any atom is 0.306 e. The molecule has 0 saturated heterocycles. The fourth-order valence-electron chi connectivity index (χ4n) is 7.74. The van der Waals surface area contributed by atoms with Crippen molar-refractivity contribution in [2.45, 2.75) is 297 Å². The average molecular weight is 807 g/mol. The maximum absolute atomic E-state index is 12.7. The first-order valence-corrected chi connectivity index (χ1v) is 25.5. The van der Waals surface area contributed by atoms with Crippen LogP contribution in [0.5, 0.6) is 0 Å². The molecule has 0 saturated carbocycles. The first kappa shape index (κ1) is 55.4. The van der Waals surface area contributed by atoms with Crippen LogP contribution in [0.3, 0.4) is 0 Å². The molecule has 0 bridgehead atoms. The molecular formula is C51H98O6. The van der Waals surface area contributed by atoms with Crippen molar-refractivity contribution in [3.05, 3.63) is 0 Å². The maximum atomic E-state index is 12.7. The van der Waals surface area contributed by atoms with Crippen molar-refractivity contribution in [2.75, 3.05) is 13.2 Å². The first-order valence-electron chi connectivity index (χ1n) is 25.5. The third kappa shape index (κ3) is 45.3. The molecule has 0 aliphatic heterocycles. The van der Waals surface area contributed by atoms with Crippen LogP contribution in [0.25, 0.3) is 0 Å². The normalized spacial score (nSPS) is 11.8. The van der Waals surface area contributed by atoms with Crippen LogP contribution in [0.4, 0.5) is 0 Å². The van der Waals surface area contributed by atoms with Gasteiger partial charge in [0.2, 0.25) is 0 Å². The largest absolute Gasteiger partial charge is 0.462 e. The van der Waals surface area contributed by atoms with Crippen LogP contribution in [0, 0.1) is 0 Å². The zero-order valence-electron chi connectivity index (χ0n) is 38.6. The molecule has 0 rings (SSSR count). The lowest BCUT2D eigenvalue weighted by Gasteiger charge is -2.18. The van der Waals surface area contributed by atoms with E-state index in [-0.39, 0.29) is 31.1 Å². The van der Waals surface area contributed by atoms with Gasteiger partial charge in [-0.05, 0) is 19.3 Å². The Labute approximate surface area is 355 Å². The van der Waals surface area contributed by atoms with E-state index in [1.807, 2.05) is 0 Å². The molecule has 0 amide bonds. The van der Waals surface area contributed by atoms with Crippen LogP contribution < -0.4 is 0 Å². The molecule has 338 valence electrons. The summed E-state index contributed by atoms with van der Waals surface area (Å²) in [6.45, 7) is 6.67. The molecule has 6 heteroatoms. The molecule has 0 aromatic rings. The summed E-state index contributed by atoms with van der Waals surface area (Å²) in [5, 5.41) is 0. The molecule has 0 spiro atoms. The summed E-state index contributed by atoms with van der Waals surface area (Å²) in [4.78, 5) is 37.9. The molecule has 0 aromatic heterocycles. The molecule has 0 aliphatic carbocycles. The van der Waals surface area contributed by atoms with Crippen molar-refractivity contribution in [1.29, 1.82) is 0 Å². The molecule has 0 aliphatic rings. The molecule has 0 heterocycles. The minimum atomic E-state index is -0.759. The van der Waals surface area contributed by atoms with Gasteiger partial charge in [0.1, 0.15) is 13.2 Å². The molecule has 57 heavy (non-hydrogen) atoms. The van der Waals surface area contributed by atoms with Gasteiger partial charge in [-0.15, -0.1) is 0 Å². The Hall–Kier alpha value is -1.59. The summed E-state index contributed by atoms with van der Waals surface area (Å²) in [7, 11) is 0. The van der Waals surface area contributed by atoms with E-state index in [4.69, 9.17) is 14.2 Å². The minimum Gasteiger partial charge on any atom is -0.462 e. The highest BCUT2D eigenvalue weighted by Crippen LogP contribution is 2.16. The fraction of sp³-hybridized carbons (Fsp3) is 0.941. The number of esters is 3. The van der Waals surface area contributed by atoms with Gasteiger partial charge < -0.3 is 14.2 Å². The summed E-state index contributed by atoms with van der Waals surface area (Å²) in [6, 6.07) is 0. The third-order valence-electron chi connectivity index (χ3n) is 11.6. The predicted octanol–water partition coefficient (Wildman–Crippen LogP) is 16.4. The second-order valence-electron chi connectivity index (χ2n) is 17.5. The van der Waals surface area contributed by atoms with Crippen LogP contribution in [-0.4, -0.2) is 37.2 Å². The summed E-state index contributed by atoms with van der Waals surface area (Å²) in [5.41, 5.74) is 0. The number of rotatable bonds is 47. The molecule has 6 nitrogen and oxygen atoms in total. The number of ether oxygens (including phenoxy) is 3. The molecule has 0 aromatic carbocycles. The van der Waals surface area contributed by atoms with E-state index in [0.29, 0.717) is 19.3 Å². The van der Waals surface area contributed by atoms with Gasteiger partial charge in [0.25, 0.3) is 0 Å². The van der Waals surface area contributed by atoms with Gasteiger partial charge in [0.15, 0.2) is 6.10 Å². The summed E-state index contributed by atoms with van der Waals surface area (Å²) >= 11 is 0. The van der Waals surface area contributed by atoms with Gasteiger partial charge in [0, 0.05) is 19.3 Å². The SMILES string of the molecule is CCCCCCCCCCCCCCCCC(=O)OC[C@H](COC(=O)CCCCCCCCCCCCCCC)OC(=O)CCCCCCCCCCCCCC. The zero-order valence-corrected chi connectivity index (χ0v) is 38.6. The Bertz CT molecular complexity index is 844. The Kier molecular flexibility index (Phi) is 45.8. The molecular weight excluding hydrogens is 709 g/mol. The second kappa shape index (κ2) is 47.1. The highest BCUT2D eigenvalue weighted by atomic mass is 16.6. The van der Waals surface area contributed by atoms with Gasteiger partial charge in [-0.1, -0.05) is 252 Å². The topological polar surface area (TPSA) is 78.9 Å². The molecule has 0 unspecified atom stereocenters. The van der Waals surface area contributed by atoms with Crippen molar-refractivity contribution >= 4 is 17.9 Å². The lowest BCUT2D eigenvalue weighted by molar-refractivity contribution is -0.167. The first-order chi connectivity index (χ1) is 28.0. The molecule has 0 radical (unpaired) electrons. The smallest absolute Gasteiger partial charge is 0.306 e. The van der Waals surface area contributed by atoms with Gasteiger partial charge in [-0.3, -0.25) is 14.4 Å². The summed E-state index contributed by atoms with van der Waals surface area (Å²) in [6.07, 6.45) is 49.3. The van der Waals surface area contributed by atoms with E-state index in [1.165, 1.54) is 193 Å². The number of hydrogen-bond acceptors (Lipinski definition) is 6. The predicted molar refractivity (Wildman–Crippen MR) is 243 cm³/mol. The minimum absolute atomic E-state index is 0.0619. The lowest BCUT2D eigenvalue weighted by Crippen LogP contribution is -2.30. The number of carbonyl (C=O) groups is 3. The van der Waals surface area contributed by atoms with Crippen molar-refractivity contribution in [3.8, 4) is 0 Å². The van der Waals surface area contributed by atoms with Crippen LogP contribution in [0.1, 0.15) is 290 Å². The summed E-state index contributed by atoms with van der Waals surface area (Å²) < 4.78 is 16.8. The monoisotopic (exact) mass is 807 g/mol. The summed E-state index contributed by atoms with van der Waals surface area (Å²) in [5.74, 6) is -0.842. The van der Waals surface area contributed by atoms with E-state index >= 15 is 0 Å². The van der Waals surface area contributed by atoms with Gasteiger partial charge >= 0.3 is 17.9 Å². The standard InChI is InChI=1S/C51H98O6/c1-4-7-10-13-16-19-22-25-27-30-32-35-38-41-44-50(53)56-47-48(57-51(54)45-42-39-36-33-28-24-21-18-15-12-9-6-3)46-55-49(52)43-40-37-34-31-29-26-23-20-17-14-11-8-5-2/h48H,4-47H2,1-3H3/t48-/m0/s1. The van der Waals surface area contributed by atoms with Crippen LogP contribution >= 0.6 is 0 Å². The number of hydrogen-bond donors (Lipinski definition) is 0. The zero-order chi connectivity index (χ0) is 41.5. The van der Waals surface area contributed by atoms with E-state index in [9.17, 15) is 14.4 Å². The highest BCUT2D eigenvalue weighted by molar-refractivity contribution is 5.71. The second-order valence-corrected chi connectivity index (χ2v) is 17.5. The van der Waals surface area contributed by atoms with Crippen molar-refractivity contribution in [3.63, 3.8) is 0 Å². The van der Waals surface area contributed by atoms with Crippen molar-refractivity contribution < 1.29 is 28.6 Å². The Morgan fingerprint density at radius 1 is 0.281 bits per heavy atom. The molecule has 0 fully saturated rings. The van der Waals surface area contributed by atoms with Crippen molar-refractivity contribution in [1.82, 2.24) is 0 Å². The van der Waals surface area contributed by atoms with Gasteiger partial charge in [-0.2, -0.15) is 0 Å². The van der Waals surface area contributed by atoms with Gasteiger partial charge in [-0.25, -0.2) is 0 Å². The Morgan fingerprint density at radius 3 is 0.702 bits per heavy atom. The van der Waals surface area contributed by atoms with E-state index in [2.05, 4.69) is 20.8 Å². The van der Waals surface area contributed by atoms with E-state index in [1.54, 1.807) is 0 Å². The average Bonchev–Trinajstić information content (AvgIpc) is 3.21. The highest BCUT2D eigenvalue weighted by Gasteiger charge is 2.19. The lowest BCUT2D eigenvalue weighted by atomic mass is 10.0. The van der Waals surface area contributed by atoms with E-state index in [0.717, 1.165) is 57.8 Å². The van der Waals surface area contributed by atoms with E-state index < -0.39 is 6.10 Å². The molecule has 0 N–H and O–H groups in total. The molecule has 1 atom stereocenters. The Morgan fingerprint density at radius 2 is 0.474 bits per heavy atom. The third-order valence-corrected chi connectivity index (χ3v) is 11.6. The Balaban J connectivity index is 4.30. The quantitative estimate of drug-likeness (QED) is 0.0346.